The van der Waals surface area contributed by atoms with E-state index in [1.54, 1.807) is 0 Å². The first-order valence-electron chi connectivity index (χ1n) is 3.73. The summed E-state index contributed by atoms with van der Waals surface area (Å²) in [5, 5.41) is 19.8. The van der Waals surface area contributed by atoms with Crippen molar-refractivity contribution in [1.82, 2.24) is 0 Å². The molecule has 0 fully saturated rings. The highest BCUT2D eigenvalue weighted by Crippen LogP contribution is 2.29. The lowest BCUT2D eigenvalue weighted by Crippen LogP contribution is -2.05. The van der Waals surface area contributed by atoms with Gasteiger partial charge in [-0.3, -0.25) is 10.1 Å². The smallest absolute Gasteiger partial charge is 0.342 e. The molecule has 0 amide bonds. The number of alkyl halides is 1. The summed E-state index contributed by atoms with van der Waals surface area (Å²) in [7, 11) is 0. The molecule has 0 aliphatic rings. The summed E-state index contributed by atoms with van der Waals surface area (Å²) < 4.78 is 0. The van der Waals surface area contributed by atoms with Gasteiger partial charge in [0.2, 0.25) is 0 Å². The number of halogens is 2. The van der Waals surface area contributed by atoms with E-state index < -0.39 is 22.1 Å². The maximum atomic E-state index is 10.8. The molecule has 0 aromatic heterocycles. The second-order valence-electron chi connectivity index (χ2n) is 2.66. The number of carboxylic acids is 1. The number of nitro benzene ring substituents is 1. The first-order valence-corrected chi connectivity index (χ1v) is 5.23. The van der Waals surface area contributed by atoms with Gasteiger partial charge in [0.25, 0.3) is 5.69 Å². The highest BCUT2D eigenvalue weighted by atomic mass is 79.9. The van der Waals surface area contributed by atoms with Gasteiger partial charge < -0.3 is 5.11 Å². The third-order valence-corrected chi connectivity index (χ3v) is 2.53. The molecule has 0 aliphatic heterocycles. The summed E-state index contributed by atoms with van der Waals surface area (Å²) in [6.07, 6.45) is 0. The van der Waals surface area contributed by atoms with Crippen molar-refractivity contribution in [3.63, 3.8) is 0 Å². The molecular formula is C8H5BrClNO4. The molecule has 0 heterocycles. The van der Waals surface area contributed by atoms with E-state index in [9.17, 15) is 14.9 Å². The largest absolute Gasteiger partial charge is 0.477 e. The zero-order chi connectivity index (χ0) is 11.6. The Balaban J connectivity index is 3.54. The molecule has 1 aromatic carbocycles. The predicted octanol–water partition coefficient (Wildman–Crippen LogP) is 2.84. The molecule has 5 nitrogen and oxygen atoms in total. The summed E-state index contributed by atoms with van der Waals surface area (Å²) in [6.45, 7) is 0. The summed E-state index contributed by atoms with van der Waals surface area (Å²) in [6, 6.07) is 2.43. The van der Waals surface area contributed by atoms with Gasteiger partial charge in [-0.15, -0.1) is 0 Å². The summed E-state index contributed by atoms with van der Waals surface area (Å²) in [4.78, 5) is 20.7. The monoisotopic (exact) mass is 293 g/mol. The van der Waals surface area contributed by atoms with Crippen LogP contribution in [-0.2, 0) is 5.33 Å². The molecule has 7 heteroatoms. The van der Waals surface area contributed by atoms with Crippen LogP contribution in [-0.4, -0.2) is 16.0 Å². The first-order chi connectivity index (χ1) is 6.97. The number of benzene rings is 1. The fourth-order valence-corrected chi connectivity index (χ4v) is 1.80. The van der Waals surface area contributed by atoms with E-state index in [-0.39, 0.29) is 15.9 Å². The van der Waals surface area contributed by atoms with Crippen LogP contribution in [0.5, 0.6) is 0 Å². The van der Waals surface area contributed by atoms with E-state index in [1.807, 2.05) is 0 Å². The summed E-state index contributed by atoms with van der Waals surface area (Å²) in [5.74, 6) is -1.37. The van der Waals surface area contributed by atoms with Crippen molar-refractivity contribution in [1.29, 1.82) is 0 Å². The maximum absolute atomic E-state index is 10.8. The van der Waals surface area contributed by atoms with E-state index in [0.717, 1.165) is 6.07 Å². The third kappa shape index (κ3) is 2.45. The molecule has 15 heavy (non-hydrogen) atoms. The molecule has 80 valence electrons. The van der Waals surface area contributed by atoms with Crippen LogP contribution in [0.15, 0.2) is 12.1 Å². The van der Waals surface area contributed by atoms with Crippen molar-refractivity contribution in [2.24, 2.45) is 0 Å². The highest BCUT2D eigenvalue weighted by molar-refractivity contribution is 9.08. The van der Waals surface area contributed by atoms with Gasteiger partial charge in [-0.05, 0) is 12.1 Å². The number of nitrogens with zero attached hydrogens (tertiary/aromatic N) is 1. The minimum atomic E-state index is -1.37. The molecule has 0 saturated carbocycles. The Morgan fingerprint density at radius 3 is 2.60 bits per heavy atom. The van der Waals surface area contributed by atoms with Crippen LogP contribution in [0.4, 0.5) is 5.69 Å². The molecule has 0 saturated heterocycles. The Kier molecular flexibility index (Phi) is 3.65. The van der Waals surface area contributed by atoms with Gasteiger partial charge in [0.05, 0.1) is 4.92 Å². The average Bonchev–Trinajstić information content (AvgIpc) is 2.15. The topological polar surface area (TPSA) is 80.4 Å². The molecule has 0 bridgehead atoms. The highest BCUT2D eigenvalue weighted by Gasteiger charge is 2.24. The van der Waals surface area contributed by atoms with Crippen LogP contribution in [0.1, 0.15) is 15.9 Å². The Bertz CT molecular complexity index is 435. The van der Waals surface area contributed by atoms with E-state index in [0.29, 0.717) is 0 Å². The minimum Gasteiger partial charge on any atom is -0.477 e. The maximum Gasteiger partial charge on any atom is 0.342 e. The van der Waals surface area contributed by atoms with Gasteiger partial charge in [-0.2, -0.15) is 0 Å². The Morgan fingerprint density at radius 2 is 2.20 bits per heavy atom. The second-order valence-corrected chi connectivity index (χ2v) is 3.65. The Morgan fingerprint density at radius 1 is 1.60 bits per heavy atom. The fraction of sp³-hybridized carbons (Fsp3) is 0.125. The predicted molar refractivity (Wildman–Crippen MR) is 57.7 cm³/mol. The molecule has 1 aromatic rings. The summed E-state index contributed by atoms with van der Waals surface area (Å²) >= 11 is 8.68. The standard InChI is InChI=1S/C8H5BrClNO4/c9-3-4-1-5(10)2-6(8(12)13)7(4)11(14)15/h1-2H,3H2,(H,12,13). The van der Waals surface area contributed by atoms with Gasteiger partial charge in [0, 0.05) is 15.9 Å². The summed E-state index contributed by atoms with van der Waals surface area (Å²) in [5.41, 5.74) is -0.587. The van der Waals surface area contributed by atoms with Gasteiger partial charge >= 0.3 is 5.97 Å². The lowest BCUT2D eigenvalue weighted by molar-refractivity contribution is -0.385. The lowest BCUT2D eigenvalue weighted by Gasteiger charge is -2.03. The number of hydrogen-bond acceptors (Lipinski definition) is 3. The number of nitro groups is 1. The second kappa shape index (κ2) is 4.59. The molecule has 0 spiro atoms. The first kappa shape index (κ1) is 11.9. The van der Waals surface area contributed by atoms with Crippen LogP contribution in [0.2, 0.25) is 5.02 Å². The van der Waals surface area contributed by atoms with Crippen LogP contribution in [0.3, 0.4) is 0 Å². The minimum absolute atomic E-state index is 0.160. The quantitative estimate of drug-likeness (QED) is 0.528. The Labute approximate surface area is 97.9 Å². The van der Waals surface area contributed by atoms with E-state index in [2.05, 4.69) is 15.9 Å². The molecule has 1 N–H and O–H groups in total. The van der Waals surface area contributed by atoms with Crippen molar-refractivity contribution >= 4 is 39.2 Å². The SMILES string of the molecule is O=C(O)c1cc(Cl)cc(CBr)c1[N+](=O)[O-]. The normalized spacial score (nSPS) is 10.0. The van der Waals surface area contributed by atoms with Crippen molar-refractivity contribution in [2.45, 2.75) is 5.33 Å². The number of hydrogen-bond donors (Lipinski definition) is 1. The van der Waals surface area contributed by atoms with Crippen molar-refractivity contribution < 1.29 is 14.8 Å². The van der Waals surface area contributed by atoms with Crippen LogP contribution >= 0.6 is 27.5 Å². The molecule has 0 aliphatic carbocycles. The average molecular weight is 294 g/mol. The van der Waals surface area contributed by atoms with E-state index in [1.165, 1.54) is 6.07 Å². The lowest BCUT2D eigenvalue weighted by atomic mass is 10.1. The van der Waals surface area contributed by atoms with Crippen LogP contribution < -0.4 is 0 Å². The van der Waals surface area contributed by atoms with Crippen molar-refractivity contribution in [3.05, 3.63) is 38.4 Å². The fourth-order valence-electron chi connectivity index (χ4n) is 1.14. The molecule has 0 unspecified atom stereocenters. The van der Waals surface area contributed by atoms with Gasteiger partial charge in [0.15, 0.2) is 0 Å². The van der Waals surface area contributed by atoms with Crippen LogP contribution in [0.25, 0.3) is 0 Å². The number of carbonyl (C=O) groups is 1. The molecule has 0 atom stereocenters. The van der Waals surface area contributed by atoms with E-state index in [4.69, 9.17) is 16.7 Å². The number of rotatable bonds is 3. The van der Waals surface area contributed by atoms with Crippen LogP contribution in [0, 0.1) is 10.1 Å². The number of aromatic carboxylic acids is 1. The van der Waals surface area contributed by atoms with Gasteiger partial charge in [0.1, 0.15) is 5.56 Å². The zero-order valence-corrected chi connectivity index (χ0v) is 9.58. The molecule has 1 rings (SSSR count). The van der Waals surface area contributed by atoms with E-state index >= 15 is 0 Å². The number of carboxylic acid groups (broad SMARTS) is 1. The van der Waals surface area contributed by atoms with Crippen molar-refractivity contribution in [2.75, 3.05) is 0 Å². The van der Waals surface area contributed by atoms with Crippen molar-refractivity contribution in [3.8, 4) is 0 Å². The molecule has 0 radical (unpaired) electrons. The Hall–Kier alpha value is -1.14. The van der Waals surface area contributed by atoms with Gasteiger partial charge in [-0.25, -0.2) is 4.79 Å². The third-order valence-electron chi connectivity index (χ3n) is 1.71. The molecular weight excluding hydrogens is 289 g/mol. The zero-order valence-electron chi connectivity index (χ0n) is 7.24. The van der Waals surface area contributed by atoms with Gasteiger partial charge in [-0.1, -0.05) is 27.5 Å².